The molecular formula is C17H17BrO3. The topological polar surface area (TPSA) is 46.5 Å². The van der Waals surface area contributed by atoms with Crippen molar-refractivity contribution in [3.05, 3.63) is 64.1 Å². The van der Waals surface area contributed by atoms with Crippen molar-refractivity contribution in [2.75, 3.05) is 0 Å². The lowest BCUT2D eigenvalue weighted by Crippen LogP contribution is -2.18. The molecule has 0 aromatic heterocycles. The summed E-state index contributed by atoms with van der Waals surface area (Å²) in [6, 6.07) is 14.6. The summed E-state index contributed by atoms with van der Waals surface area (Å²) in [4.78, 5) is 11.5. The zero-order valence-corrected chi connectivity index (χ0v) is 13.5. The van der Waals surface area contributed by atoms with Gasteiger partial charge in [0.05, 0.1) is 0 Å². The number of aliphatic carboxylic acids is 1. The van der Waals surface area contributed by atoms with Crippen LogP contribution in [-0.4, -0.2) is 11.1 Å². The molecule has 0 saturated heterocycles. The van der Waals surface area contributed by atoms with Gasteiger partial charge in [-0.2, -0.15) is 0 Å². The molecule has 21 heavy (non-hydrogen) atoms. The lowest BCUT2D eigenvalue weighted by molar-refractivity contribution is -0.145. The van der Waals surface area contributed by atoms with E-state index in [4.69, 9.17) is 4.74 Å². The van der Waals surface area contributed by atoms with Gasteiger partial charge in [0.2, 0.25) is 6.10 Å². The number of ether oxygens (including phenoxy) is 1. The first-order valence-corrected chi connectivity index (χ1v) is 7.52. The molecule has 1 unspecified atom stereocenters. The van der Waals surface area contributed by atoms with Crippen molar-refractivity contribution < 1.29 is 14.6 Å². The Morgan fingerprint density at radius 1 is 1.14 bits per heavy atom. The van der Waals surface area contributed by atoms with E-state index in [1.54, 1.807) is 30.3 Å². The fraction of sp³-hybridized carbons (Fsp3) is 0.235. The van der Waals surface area contributed by atoms with Crippen LogP contribution in [-0.2, 0) is 4.79 Å². The van der Waals surface area contributed by atoms with E-state index >= 15 is 0 Å². The molecule has 0 spiro atoms. The summed E-state index contributed by atoms with van der Waals surface area (Å²) in [5.41, 5.74) is 1.61. The van der Waals surface area contributed by atoms with Gasteiger partial charge in [-0.15, -0.1) is 0 Å². The Morgan fingerprint density at radius 3 is 2.38 bits per heavy atom. The number of hydrogen-bond donors (Lipinski definition) is 1. The smallest absolute Gasteiger partial charge is 0.349 e. The molecule has 0 aliphatic carbocycles. The number of hydrogen-bond acceptors (Lipinski definition) is 2. The van der Waals surface area contributed by atoms with Crippen molar-refractivity contribution in [2.24, 2.45) is 0 Å². The van der Waals surface area contributed by atoms with E-state index in [2.05, 4.69) is 15.9 Å². The Balaban J connectivity index is 2.36. The van der Waals surface area contributed by atoms with E-state index in [-0.39, 0.29) is 5.92 Å². The summed E-state index contributed by atoms with van der Waals surface area (Å²) in [6.07, 6.45) is -1.01. The van der Waals surface area contributed by atoms with Crippen molar-refractivity contribution in [1.82, 2.24) is 0 Å². The van der Waals surface area contributed by atoms with Gasteiger partial charge in [0, 0.05) is 10.0 Å². The summed E-state index contributed by atoms with van der Waals surface area (Å²) in [5.74, 6) is -0.161. The van der Waals surface area contributed by atoms with E-state index in [1.165, 1.54) is 0 Å². The standard InChI is InChI=1S/C17H17BrO3/c1-11(2)14-10-13(18)8-9-15(14)21-16(17(19)20)12-6-4-3-5-7-12/h3-11,16H,1-2H3,(H,19,20). The highest BCUT2D eigenvalue weighted by Crippen LogP contribution is 2.32. The first kappa shape index (κ1) is 15.6. The van der Waals surface area contributed by atoms with E-state index in [1.807, 2.05) is 32.0 Å². The molecule has 0 bridgehead atoms. The maximum Gasteiger partial charge on any atom is 0.349 e. The SMILES string of the molecule is CC(C)c1cc(Br)ccc1OC(C(=O)O)c1ccccc1. The summed E-state index contributed by atoms with van der Waals surface area (Å²) < 4.78 is 6.74. The second-order valence-electron chi connectivity index (χ2n) is 5.08. The second-order valence-corrected chi connectivity index (χ2v) is 6.00. The number of carbonyl (C=O) groups is 1. The largest absolute Gasteiger partial charge is 0.478 e. The normalized spacial score (nSPS) is 12.2. The van der Waals surface area contributed by atoms with Gasteiger partial charge in [-0.05, 0) is 29.7 Å². The van der Waals surface area contributed by atoms with Crippen LogP contribution in [0.2, 0.25) is 0 Å². The monoisotopic (exact) mass is 348 g/mol. The molecule has 110 valence electrons. The van der Waals surface area contributed by atoms with Gasteiger partial charge in [-0.3, -0.25) is 0 Å². The van der Waals surface area contributed by atoms with Crippen molar-refractivity contribution in [3.8, 4) is 5.75 Å². The fourth-order valence-electron chi connectivity index (χ4n) is 2.09. The maximum absolute atomic E-state index is 11.5. The number of rotatable bonds is 5. The van der Waals surface area contributed by atoms with Crippen molar-refractivity contribution in [3.63, 3.8) is 0 Å². The van der Waals surface area contributed by atoms with Crippen LogP contribution in [0.4, 0.5) is 0 Å². The van der Waals surface area contributed by atoms with Gasteiger partial charge in [0.25, 0.3) is 0 Å². The highest BCUT2D eigenvalue weighted by atomic mass is 79.9. The maximum atomic E-state index is 11.5. The van der Waals surface area contributed by atoms with Gasteiger partial charge < -0.3 is 9.84 Å². The van der Waals surface area contributed by atoms with Crippen molar-refractivity contribution in [2.45, 2.75) is 25.9 Å². The average molecular weight is 349 g/mol. The predicted octanol–water partition coefficient (Wildman–Crippen LogP) is 4.78. The molecule has 0 radical (unpaired) electrons. The van der Waals surface area contributed by atoms with Gasteiger partial charge in [-0.25, -0.2) is 4.79 Å². The Labute approximate surface area is 132 Å². The van der Waals surface area contributed by atoms with Crippen LogP contribution < -0.4 is 4.74 Å². The predicted molar refractivity (Wildman–Crippen MR) is 85.7 cm³/mol. The zero-order valence-electron chi connectivity index (χ0n) is 11.9. The molecule has 0 aliphatic rings. The molecule has 3 nitrogen and oxygen atoms in total. The van der Waals surface area contributed by atoms with Crippen molar-refractivity contribution in [1.29, 1.82) is 0 Å². The van der Waals surface area contributed by atoms with Crippen LogP contribution in [0.1, 0.15) is 37.0 Å². The summed E-state index contributed by atoms with van der Waals surface area (Å²) in [7, 11) is 0. The lowest BCUT2D eigenvalue weighted by Gasteiger charge is -2.19. The van der Waals surface area contributed by atoms with Crippen LogP contribution in [0, 0.1) is 0 Å². The van der Waals surface area contributed by atoms with Crippen LogP contribution >= 0.6 is 15.9 Å². The van der Waals surface area contributed by atoms with E-state index < -0.39 is 12.1 Å². The summed E-state index contributed by atoms with van der Waals surface area (Å²) >= 11 is 3.43. The van der Waals surface area contributed by atoms with E-state index in [0.29, 0.717) is 11.3 Å². The third-order valence-electron chi connectivity index (χ3n) is 3.17. The highest BCUT2D eigenvalue weighted by molar-refractivity contribution is 9.10. The number of benzene rings is 2. The second kappa shape index (κ2) is 6.76. The third-order valence-corrected chi connectivity index (χ3v) is 3.66. The Hall–Kier alpha value is -1.81. The molecule has 4 heteroatoms. The molecule has 2 aromatic rings. The van der Waals surface area contributed by atoms with Gasteiger partial charge in [-0.1, -0.05) is 60.1 Å². The van der Waals surface area contributed by atoms with Crippen LogP contribution in [0.15, 0.2) is 53.0 Å². The molecule has 0 saturated carbocycles. The summed E-state index contributed by atoms with van der Waals surface area (Å²) in [6.45, 7) is 4.10. The lowest BCUT2D eigenvalue weighted by atomic mass is 10.0. The molecule has 2 aromatic carbocycles. The molecule has 0 amide bonds. The van der Waals surface area contributed by atoms with Gasteiger partial charge >= 0.3 is 5.97 Å². The highest BCUT2D eigenvalue weighted by Gasteiger charge is 2.23. The van der Waals surface area contributed by atoms with E-state index in [9.17, 15) is 9.90 Å². The number of carboxylic acid groups (broad SMARTS) is 1. The number of carboxylic acids is 1. The van der Waals surface area contributed by atoms with Crippen LogP contribution in [0.25, 0.3) is 0 Å². The third kappa shape index (κ3) is 3.85. The number of halogens is 1. The van der Waals surface area contributed by atoms with Gasteiger partial charge in [0.15, 0.2) is 0 Å². The molecule has 1 N–H and O–H groups in total. The zero-order chi connectivity index (χ0) is 15.4. The molecule has 1 atom stereocenters. The van der Waals surface area contributed by atoms with Gasteiger partial charge in [0.1, 0.15) is 5.75 Å². The first-order valence-electron chi connectivity index (χ1n) is 6.73. The average Bonchev–Trinajstić information content (AvgIpc) is 2.46. The minimum atomic E-state index is -1.01. The fourth-order valence-corrected chi connectivity index (χ4v) is 2.47. The van der Waals surface area contributed by atoms with Crippen LogP contribution in [0.5, 0.6) is 5.75 Å². The summed E-state index contributed by atoms with van der Waals surface area (Å²) in [5, 5.41) is 9.44. The molecule has 0 aliphatic heterocycles. The quantitative estimate of drug-likeness (QED) is 0.845. The Morgan fingerprint density at radius 2 is 1.81 bits per heavy atom. The Kier molecular flexibility index (Phi) is 5.02. The first-order chi connectivity index (χ1) is 9.99. The van der Waals surface area contributed by atoms with Crippen LogP contribution in [0.3, 0.4) is 0 Å². The molecular weight excluding hydrogens is 332 g/mol. The minimum Gasteiger partial charge on any atom is -0.478 e. The molecule has 0 fully saturated rings. The Bertz CT molecular complexity index is 623. The molecule has 0 heterocycles. The molecule has 2 rings (SSSR count). The minimum absolute atomic E-state index is 0.239. The van der Waals surface area contributed by atoms with E-state index in [0.717, 1.165) is 10.0 Å². The van der Waals surface area contributed by atoms with Crippen molar-refractivity contribution >= 4 is 21.9 Å².